The monoisotopic (exact) mass is 513 g/mol. The summed E-state index contributed by atoms with van der Waals surface area (Å²) in [5.74, 6) is 0.855. The summed E-state index contributed by atoms with van der Waals surface area (Å²) >= 11 is 11.3. The van der Waals surface area contributed by atoms with Crippen molar-refractivity contribution >= 4 is 51.6 Å². The number of aromatic nitrogens is 1. The Morgan fingerprint density at radius 1 is 0.944 bits per heavy atom. The number of anilines is 1. The zero-order valence-corrected chi connectivity index (χ0v) is 20.5. The Balaban J connectivity index is 1.15. The van der Waals surface area contributed by atoms with E-state index in [0.717, 1.165) is 11.1 Å². The minimum absolute atomic E-state index is 0.189. The molecule has 0 bridgehead atoms. The maximum absolute atomic E-state index is 12.6. The van der Waals surface area contributed by atoms with Gasteiger partial charge in [-0.25, -0.2) is 4.98 Å². The highest BCUT2D eigenvalue weighted by atomic mass is 35.5. The van der Waals surface area contributed by atoms with E-state index in [1.165, 1.54) is 0 Å². The van der Waals surface area contributed by atoms with E-state index >= 15 is 0 Å². The number of carbonyl (C=O) groups excluding carboxylic acids is 1. The summed E-state index contributed by atoms with van der Waals surface area (Å²) < 4.78 is 11.6. The summed E-state index contributed by atoms with van der Waals surface area (Å²) in [5.41, 5.74) is 4.42. The Kier molecular flexibility index (Phi) is 6.93. The van der Waals surface area contributed by atoms with E-state index in [1.807, 2.05) is 54.6 Å². The van der Waals surface area contributed by atoms with Crippen molar-refractivity contribution < 1.29 is 13.9 Å². The summed E-state index contributed by atoms with van der Waals surface area (Å²) in [6, 6.07) is 29.5. The average molecular weight is 514 g/mol. The molecule has 36 heavy (non-hydrogen) atoms. The SMILES string of the molecule is O=C(NC(=S)Nc1ccc(-c2nc3cc(Cl)ccc3o2)cc1)c1ccc(OCc2ccccc2)cc1. The van der Waals surface area contributed by atoms with Crippen molar-refractivity contribution in [2.24, 2.45) is 0 Å². The molecule has 0 spiro atoms. The maximum atomic E-state index is 12.6. The number of amides is 1. The van der Waals surface area contributed by atoms with Gasteiger partial charge in [0.1, 0.15) is 17.9 Å². The number of fused-ring (bicyclic) bond motifs is 1. The molecule has 1 amide bonds. The highest BCUT2D eigenvalue weighted by molar-refractivity contribution is 7.80. The minimum Gasteiger partial charge on any atom is -0.489 e. The van der Waals surface area contributed by atoms with E-state index in [1.54, 1.807) is 42.5 Å². The first-order chi connectivity index (χ1) is 17.5. The molecule has 0 atom stereocenters. The number of carbonyl (C=O) groups is 1. The predicted octanol–water partition coefficient (Wildman–Crippen LogP) is 6.85. The van der Waals surface area contributed by atoms with Crippen LogP contribution in [-0.2, 0) is 6.61 Å². The van der Waals surface area contributed by atoms with Gasteiger partial charge in [0.05, 0.1) is 0 Å². The lowest BCUT2D eigenvalue weighted by Crippen LogP contribution is -2.34. The van der Waals surface area contributed by atoms with Crippen LogP contribution in [0.25, 0.3) is 22.6 Å². The van der Waals surface area contributed by atoms with Gasteiger partial charge < -0.3 is 14.5 Å². The molecule has 0 unspecified atom stereocenters. The molecule has 5 rings (SSSR count). The smallest absolute Gasteiger partial charge is 0.257 e. The molecular weight excluding hydrogens is 494 g/mol. The van der Waals surface area contributed by atoms with E-state index in [-0.39, 0.29) is 11.0 Å². The van der Waals surface area contributed by atoms with Crippen LogP contribution in [-0.4, -0.2) is 16.0 Å². The van der Waals surface area contributed by atoms with Crippen LogP contribution >= 0.6 is 23.8 Å². The zero-order valence-electron chi connectivity index (χ0n) is 18.9. The van der Waals surface area contributed by atoms with Crippen LogP contribution in [0.5, 0.6) is 5.75 Å². The van der Waals surface area contributed by atoms with Gasteiger partial charge in [-0.05, 0) is 84.5 Å². The van der Waals surface area contributed by atoms with E-state index in [4.69, 9.17) is 33.0 Å². The van der Waals surface area contributed by atoms with Crippen molar-refractivity contribution in [3.63, 3.8) is 0 Å². The van der Waals surface area contributed by atoms with Gasteiger partial charge >= 0.3 is 0 Å². The van der Waals surface area contributed by atoms with Crippen LogP contribution < -0.4 is 15.4 Å². The molecule has 0 radical (unpaired) electrons. The maximum Gasteiger partial charge on any atom is 0.257 e. The third kappa shape index (κ3) is 5.71. The van der Waals surface area contributed by atoms with E-state index in [9.17, 15) is 4.79 Å². The average Bonchev–Trinajstić information content (AvgIpc) is 3.32. The van der Waals surface area contributed by atoms with Crippen LogP contribution in [0, 0.1) is 0 Å². The van der Waals surface area contributed by atoms with Gasteiger partial charge in [0.2, 0.25) is 5.89 Å². The minimum atomic E-state index is -0.316. The van der Waals surface area contributed by atoms with Crippen LogP contribution in [0.2, 0.25) is 5.02 Å². The third-order valence-electron chi connectivity index (χ3n) is 5.33. The molecule has 178 valence electrons. The molecule has 1 heterocycles. The van der Waals surface area contributed by atoms with Crippen molar-refractivity contribution in [2.75, 3.05) is 5.32 Å². The van der Waals surface area contributed by atoms with Crippen LogP contribution in [0.15, 0.2) is 101 Å². The lowest BCUT2D eigenvalue weighted by molar-refractivity contribution is 0.0977. The van der Waals surface area contributed by atoms with Crippen molar-refractivity contribution in [1.82, 2.24) is 10.3 Å². The van der Waals surface area contributed by atoms with Gasteiger partial charge in [-0.15, -0.1) is 0 Å². The number of nitrogens with one attached hydrogen (secondary N) is 2. The van der Waals surface area contributed by atoms with Crippen LogP contribution in [0.4, 0.5) is 5.69 Å². The Morgan fingerprint density at radius 2 is 1.69 bits per heavy atom. The number of nitrogens with zero attached hydrogens (tertiary/aromatic N) is 1. The largest absolute Gasteiger partial charge is 0.489 e. The molecule has 0 saturated heterocycles. The predicted molar refractivity (Wildman–Crippen MR) is 145 cm³/mol. The Hall–Kier alpha value is -4.20. The quantitative estimate of drug-likeness (QED) is 0.242. The van der Waals surface area contributed by atoms with Crippen LogP contribution in [0.3, 0.4) is 0 Å². The third-order valence-corrected chi connectivity index (χ3v) is 5.77. The lowest BCUT2D eigenvalue weighted by atomic mass is 10.2. The Morgan fingerprint density at radius 3 is 2.44 bits per heavy atom. The second-order valence-electron chi connectivity index (χ2n) is 7.92. The normalized spacial score (nSPS) is 10.7. The number of benzene rings is 4. The zero-order chi connectivity index (χ0) is 24.9. The number of hydrogen-bond acceptors (Lipinski definition) is 5. The molecule has 1 aromatic heterocycles. The number of rotatable bonds is 6. The summed E-state index contributed by atoms with van der Waals surface area (Å²) in [5, 5.41) is 6.49. The number of thiocarbonyl (C=S) groups is 1. The van der Waals surface area contributed by atoms with Gasteiger partial charge in [0.15, 0.2) is 10.7 Å². The molecule has 0 fully saturated rings. The summed E-state index contributed by atoms with van der Waals surface area (Å²) in [7, 11) is 0. The molecule has 0 aliphatic rings. The highest BCUT2D eigenvalue weighted by Crippen LogP contribution is 2.27. The molecule has 8 heteroatoms. The second-order valence-corrected chi connectivity index (χ2v) is 8.76. The van der Waals surface area contributed by atoms with Gasteiger partial charge in [0.25, 0.3) is 5.91 Å². The summed E-state index contributed by atoms with van der Waals surface area (Å²) in [4.78, 5) is 17.1. The Bertz CT molecular complexity index is 1520. The van der Waals surface area contributed by atoms with Crippen molar-refractivity contribution in [2.45, 2.75) is 6.61 Å². The van der Waals surface area contributed by atoms with E-state index in [0.29, 0.717) is 45.6 Å². The summed E-state index contributed by atoms with van der Waals surface area (Å²) in [6.45, 7) is 0.458. The number of hydrogen-bond donors (Lipinski definition) is 2. The molecule has 4 aromatic carbocycles. The fourth-order valence-electron chi connectivity index (χ4n) is 3.50. The first-order valence-electron chi connectivity index (χ1n) is 11.1. The van der Waals surface area contributed by atoms with Gasteiger partial charge in [-0.1, -0.05) is 41.9 Å². The molecule has 0 aliphatic carbocycles. The standard InChI is InChI=1S/C28H20ClN3O3S/c29-21-10-15-25-24(16-21)31-27(35-25)20-6-11-22(12-7-20)30-28(36)32-26(33)19-8-13-23(14-9-19)34-17-18-4-2-1-3-5-18/h1-16H,17H2,(H2,30,32,33,36). The highest BCUT2D eigenvalue weighted by Gasteiger charge is 2.11. The fraction of sp³-hybridized carbons (Fsp3) is 0.0357. The topological polar surface area (TPSA) is 76.4 Å². The van der Waals surface area contributed by atoms with E-state index in [2.05, 4.69) is 15.6 Å². The Labute approximate surface area is 217 Å². The molecule has 0 aliphatic heterocycles. The summed E-state index contributed by atoms with van der Waals surface area (Å²) in [6.07, 6.45) is 0. The molecule has 2 N–H and O–H groups in total. The van der Waals surface area contributed by atoms with Crippen molar-refractivity contribution in [1.29, 1.82) is 0 Å². The first-order valence-corrected chi connectivity index (χ1v) is 11.9. The number of halogens is 1. The van der Waals surface area contributed by atoms with Crippen molar-refractivity contribution in [3.8, 4) is 17.2 Å². The lowest BCUT2D eigenvalue weighted by Gasteiger charge is -2.11. The van der Waals surface area contributed by atoms with Gasteiger partial charge in [-0.3, -0.25) is 10.1 Å². The first kappa shape index (κ1) is 23.5. The molecule has 5 aromatic rings. The van der Waals surface area contributed by atoms with Crippen LogP contribution in [0.1, 0.15) is 15.9 Å². The number of oxazole rings is 1. The van der Waals surface area contributed by atoms with Gasteiger partial charge in [-0.2, -0.15) is 0 Å². The molecular formula is C28H20ClN3O3S. The number of ether oxygens (including phenoxy) is 1. The van der Waals surface area contributed by atoms with E-state index < -0.39 is 0 Å². The van der Waals surface area contributed by atoms with Crippen molar-refractivity contribution in [3.05, 3.63) is 113 Å². The molecule has 0 saturated carbocycles. The molecule has 6 nitrogen and oxygen atoms in total. The fourth-order valence-corrected chi connectivity index (χ4v) is 3.88. The second kappa shape index (κ2) is 10.6. The van der Waals surface area contributed by atoms with Gasteiger partial charge in [0, 0.05) is 21.8 Å².